The number of rotatable bonds is 5. The van der Waals surface area contributed by atoms with Crippen LogP contribution in [0.3, 0.4) is 0 Å². The summed E-state index contributed by atoms with van der Waals surface area (Å²) in [7, 11) is 0. The van der Waals surface area contributed by atoms with Crippen LogP contribution in [0.1, 0.15) is 21.6 Å². The minimum Gasteiger partial charge on any atom is -0.325 e. The Morgan fingerprint density at radius 3 is 2.56 bits per heavy atom. The van der Waals surface area contributed by atoms with Gasteiger partial charge >= 0.3 is 0 Å². The molecule has 0 spiro atoms. The first-order valence-corrected chi connectivity index (χ1v) is 12.2. The first-order valence-electron chi connectivity index (χ1n) is 10.0. The average Bonchev–Trinajstić information content (AvgIpc) is 3.04. The molecule has 4 aromatic rings. The normalized spacial score (nSPS) is 11.2. The first-order chi connectivity index (χ1) is 15.2. The van der Waals surface area contributed by atoms with Gasteiger partial charge in [-0.05, 0) is 74.7 Å². The molecule has 0 unspecified atom stereocenters. The van der Waals surface area contributed by atoms with Gasteiger partial charge in [0.15, 0.2) is 5.16 Å². The number of nitrogens with zero attached hydrogens (tertiary/aromatic N) is 2. The molecule has 5 nitrogen and oxygen atoms in total. The second-order valence-electron chi connectivity index (χ2n) is 7.63. The highest BCUT2D eigenvalue weighted by Gasteiger charge is 2.19. The molecule has 0 saturated heterocycles. The van der Waals surface area contributed by atoms with E-state index in [-0.39, 0.29) is 17.2 Å². The molecule has 0 fully saturated rings. The number of anilines is 1. The summed E-state index contributed by atoms with van der Waals surface area (Å²) in [4.78, 5) is 32.7. The quantitative estimate of drug-likeness (QED) is 0.276. The van der Waals surface area contributed by atoms with E-state index < -0.39 is 0 Å². The van der Waals surface area contributed by atoms with Crippen LogP contribution >= 0.6 is 34.7 Å². The molecule has 0 atom stereocenters. The van der Waals surface area contributed by atoms with Crippen LogP contribution in [0.5, 0.6) is 0 Å². The Bertz CT molecular complexity index is 1390. The van der Waals surface area contributed by atoms with Crippen molar-refractivity contribution in [3.63, 3.8) is 0 Å². The predicted octanol–water partition coefficient (Wildman–Crippen LogP) is 6.07. The van der Waals surface area contributed by atoms with E-state index in [0.717, 1.165) is 27.3 Å². The molecule has 0 aliphatic heterocycles. The van der Waals surface area contributed by atoms with Gasteiger partial charge < -0.3 is 5.32 Å². The lowest BCUT2D eigenvalue weighted by atomic mass is 10.1. The van der Waals surface area contributed by atoms with Gasteiger partial charge in [-0.3, -0.25) is 14.2 Å². The highest BCUT2D eigenvalue weighted by molar-refractivity contribution is 7.99. The second kappa shape index (κ2) is 9.10. The lowest BCUT2D eigenvalue weighted by Crippen LogP contribution is -2.23. The Morgan fingerprint density at radius 2 is 1.84 bits per heavy atom. The number of thioether (sulfide) groups is 1. The van der Waals surface area contributed by atoms with Crippen LogP contribution in [0, 0.1) is 27.7 Å². The number of hydrogen-bond acceptors (Lipinski definition) is 5. The molecule has 0 aliphatic carbocycles. The fourth-order valence-corrected chi connectivity index (χ4v) is 5.39. The molecule has 4 rings (SSSR count). The van der Waals surface area contributed by atoms with E-state index in [9.17, 15) is 9.59 Å². The summed E-state index contributed by atoms with van der Waals surface area (Å²) in [6.45, 7) is 7.86. The van der Waals surface area contributed by atoms with Crippen molar-refractivity contribution in [1.82, 2.24) is 9.55 Å². The minimum absolute atomic E-state index is 0.127. The zero-order valence-corrected chi connectivity index (χ0v) is 20.5. The van der Waals surface area contributed by atoms with E-state index in [1.54, 1.807) is 28.8 Å². The maximum absolute atomic E-state index is 13.5. The van der Waals surface area contributed by atoms with Crippen LogP contribution in [-0.2, 0) is 4.79 Å². The fourth-order valence-electron chi connectivity index (χ4n) is 3.38. The number of nitrogens with one attached hydrogen (secondary N) is 1. The van der Waals surface area contributed by atoms with Crippen LogP contribution in [0.25, 0.3) is 15.9 Å². The molecule has 32 heavy (non-hydrogen) atoms. The van der Waals surface area contributed by atoms with Crippen LogP contribution in [0.15, 0.2) is 52.4 Å². The molecule has 8 heteroatoms. The summed E-state index contributed by atoms with van der Waals surface area (Å²) in [5.74, 6) is -0.0262. The third-order valence-electron chi connectivity index (χ3n) is 5.26. The molecular weight excluding hydrogens is 462 g/mol. The maximum Gasteiger partial charge on any atom is 0.267 e. The number of carbonyl (C=O) groups excluding carboxylic acids is 1. The summed E-state index contributed by atoms with van der Waals surface area (Å²) >= 11 is 8.78. The number of aryl methyl sites for hydroxylation is 4. The molecule has 0 aliphatic rings. The number of halogens is 1. The number of hydrogen-bond donors (Lipinski definition) is 1. The molecule has 1 amide bonds. The van der Waals surface area contributed by atoms with Crippen molar-refractivity contribution in [1.29, 1.82) is 0 Å². The van der Waals surface area contributed by atoms with Crippen LogP contribution in [-0.4, -0.2) is 21.2 Å². The number of benzene rings is 2. The van der Waals surface area contributed by atoms with Crippen LogP contribution in [0.2, 0.25) is 5.02 Å². The SMILES string of the molecule is Cc1ccc(C)c(NC(=O)CSc2nc3sc(C)c(C)c3c(=O)n2-c2ccc(Cl)cc2)c1. The minimum atomic E-state index is -0.153. The van der Waals surface area contributed by atoms with E-state index >= 15 is 0 Å². The van der Waals surface area contributed by atoms with Crippen molar-refractivity contribution < 1.29 is 4.79 Å². The molecule has 2 aromatic carbocycles. The Kier molecular flexibility index (Phi) is 6.42. The first kappa shape index (κ1) is 22.6. The number of amides is 1. The van der Waals surface area contributed by atoms with Gasteiger partial charge in [-0.15, -0.1) is 11.3 Å². The lowest BCUT2D eigenvalue weighted by Gasteiger charge is -2.13. The van der Waals surface area contributed by atoms with E-state index in [1.165, 1.54) is 23.1 Å². The topological polar surface area (TPSA) is 64.0 Å². The average molecular weight is 484 g/mol. The summed E-state index contributed by atoms with van der Waals surface area (Å²) in [6, 6.07) is 13.0. The molecule has 1 N–H and O–H groups in total. The lowest BCUT2D eigenvalue weighted by molar-refractivity contribution is -0.113. The maximum atomic E-state index is 13.5. The molecule has 0 bridgehead atoms. The number of carbonyl (C=O) groups is 1. The number of aromatic nitrogens is 2. The van der Waals surface area contributed by atoms with Gasteiger partial charge in [-0.2, -0.15) is 0 Å². The highest BCUT2D eigenvalue weighted by Crippen LogP contribution is 2.30. The third-order valence-corrected chi connectivity index (χ3v) is 7.55. The number of thiophene rings is 1. The van der Waals surface area contributed by atoms with Gasteiger partial charge in [0, 0.05) is 15.6 Å². The van der Waals surface area contributed by atoms with E-state index in [1.807, 2.05) is 45.9 Å². The standard InChI is InChI=1S/C24H22ClN3O2S2/c1-13-5-6-14(2)19(11-13)26-20(29)12-31-24-27-22-21(15(3)16(4)32-22)23(30)28(24)18-9-7-17(25)8-10-18/h5-11H,12H2,1-4H3,(H,26,29). The van der Waals surface area contributed by atoms with Crippen molar-refractivity contribution >= 4 is 56.5 Å². The molecule has 164 valence electrons. The summed E-state index contributed by atoms with van der Waals surface area (Å²) < 4.78 is 1.56. The van der Waals surface area contributed by atoms with Crippen LogP contribution < -0.4 is 10.9 Å². The van der Waals surface area contributed by atoms with Gasteiger partial charge in [0.1, 0.15) is 4.83 Å². The summed E-state index contributed by atoms with van der Waals surface area (Å²) in [6.07, 6.45) is 0. The van der Waals surface area contributed by atoms with Gasteiger partial charge in [-0.1, -0.05) is 35.5 Å². The van der Waals surface area contributed by atoms with E-state index in [0.29, 0.717) is 26.1 Å². The number of fused-ring (bicyclic) bond motifs is 1. The Hall–Kier alpha value is -2.61. The molecule has 2 aromatic heterocycles. The monoisotopic (exact) mass is 483 g/mol. The molecule has 0 saturated carbocycles. The van der Waals surface area contributed by atoms with Crippen molar-refractivity contribution in [3.8, 4) is 5.69 Å². The van der Waals surface area contributed by atoms with E-state index in [4.69, 9.17) is 16.6 Å². The predicted molar refractivity (Wildman–Crippen MR) is 135 cm³/mol. The van der Waals surface area contributed by atoms with Crippen molar-refractivity contribution in [2.45, 2.75) is 32.9 Å². The van der Waals surface area contributed by atoms with Crippen molar-refractivity contribution in [2.75, 3.05) is 11.1 Å². The van der Waals surface area contributed by atoms with Gasteiger partial charge in [0.2, 0.25) is 5.91 Å². The third kappa shape index (κ3) is 4.46. The largest absolute Gasteiger partial charge is 0.325 e. The smallest absolute Gasteiger partial charge is 0.267 e. The Balaban J connectivity index is 1.70. The summed E-state index contributed by atoms with van der Waals surface area (Å²) in [5.41, 5.74) is 4.32. The second-order valence-corrected chi connectivity index (χ2v) is 10.2. The summed E-state index contributed by atoms with van der Waals surface area (Å²) in [5, 5.41) is 4.64. The Labute approximate surface area is 199 Å². The zero-order valence-electron chi connectivity index (χ0n) is 18.2. The van der Waals surface area contributed by atoms with Gasteiger partial charge in [-0.25, -0.2) is 4.98 Å². The van der Waals surface area contributed by atoms with Crippen LogP contribution in [0.4, 0.5) is 5.69 Å². The van der Waals surface area contributed by atoms with Crippen molar-refractivity contribution in [2.24, 2.45) is 0 Å². The van der Waals surface area contributed by atoms with Gasteiger partial charge in [0.05, 0.1) is 16.8 Å². The van der Waals surface area contributed by atoms with E-state index in [2.05, 4.69) is 5.32 Å². The molecule has 2 heterocycles. The Morgan fingerprint density at radius 1 is 1.12 bits per heavy atom. The fraction of sp³-hybridized carbons (Fsp3) is 0.208. The van der Waals surface area contributed by atoms with Crippen molar-refractivity contribution in [3.05, 3.63) is 79.4 Å². The highest BCUT2D eigenvalue weighted by atomic mass is 35.5. The van der Waals surface area contributed by atoms with Gasteiger partial charge in [0.25, 0.3) is 5.56 Å². The molecule has 0 radical (unpaired) electrons. The zero-order chi connectivity index (χ0) is 23.0. The molecular formula is C24H22ClN3O2S2.